The number of urea groups is 1. The maximum Gasteiger partial charge on any atom is 0.328 e. The molecule has 0 aliphatic carbocycles. The molecule has 2 N–H and O–H groups in total. The lowest BCUT2D eigenvalue weighted by Gasteiger charge is -2.38. The molecule has 1 unspecified atom stereocenters. The summed E-state index contributed by atoms with van der Waals surface area (Å²) in [6, 6.07) is 12.3. The standard InChI is InChI=1S/C24H21N5O8/c1-29-11-18(34-12-19(29)30)10-24(21(31)26-23(33)27-22(24)32)37-17-8-6-16(7-9-17)36-15-4-2-14(3-5-15)20-28-25-13-35-20/h2-9,13,18H,10-12H2,1H3,(H2,26,27,31,32,33). The number of aromatic nitrogens is 2. The highest BCUT2D eigenvalue weighted by atomic mass is 16.5. The van der Waals surface area contributed by atoms with Gasteiger partial charge in [0, 0.05) is 25.6 Å². The lowest BCUT2D eigenvalue weighted by molar-refractivity contribution is -0.160. The second-order valence-corrected chi connectivity index (χ2v) is 8.42. The van der Waals surface area contributed by atoms with Gasteiger partial charge in [-0.2, -0.15) is 0 Å². The van der Waals surface area contributed by atoms with Gasteiger partial charge in [-0.3, -0.25) is 25.0 Å². The van der Waals surface area contributed by atoms with E-state index in [4.69, 9.17) is 18.6 Å². The number of likely N-dealkylation sites (N-methyl/N-ethyl adjacent to an activating group) is 1. The Labute approximate surface area is 209 Å². The Morgan fingerprint density at radius 1 is 0.973 bits per heavy atom. The largest absolute Gasteiger partial charge is 0.467 e. The molecule has 2 saturated heterocycles. The Bertz CT molecular complexity index is 1300. The van der Waals surface area contributed by atoms with E-state index in [-0.39, 0.29) is 31.2 Å². The molecule has 37 heavy (non-hydrogen) atoms. The van der Waals surface area contributed by atoms with Gasteiger partial charge in [0.1, 0.15) is 23.9 Å². The number of morpholine rings is 1. The van der Waals surface area contributed by atoms with E-state index in [1.807, 2.05) is 0 Å². The third-order valence-corrected chi connectivity index (χ3v) is 5.86. The maximum absolute atomic E-state index is 12.9. The van der Waals surface area contributed by atoms with E-state index in [2.05, 4.69) is 20.8 Å². The first-order chi connectivity index (χ1) is 17.8. The molecule has 2 aliphatic rings. The van der Waals surface area contributed by atoms with Crippen LogP contribution in [0.15, 0.2) is 59.3 Å². The van der Waals surface area contributed by atoms with E-state index in [1.54, 1.807) is 43.4 Å². The van der Waals surface area contributed by atoms with Gasteiger partial charge in [0.25, 0.3) is 17.4 Å². The molecule has 0 saturated carbocycles. The molecule has 1 aromatic heterocycles. The van der Waals surface area contributed by atoms with Gasteiger partial charge >= 0.3 is 6.03 Å². The zero-order valence-corrected chi connectivity index (χ0v) is 19.5. The van der Waals surface area contributed by atoms with Crippen LogP contribution in [0.4, 0.5) is 4.79 Å². The zero-order valence-electron chi connectivity index (χ0n) is 19.5. The van der Waals surface area contributed by atoms with Gasteiger partial charge in [0.2, 0.25) is 18.2 Å². The smallest absolute Gasteiger partial charge is 0.328 e. The average Bonchev–Trinajstić information content (AvgIpc) is 3.41. The Kier molecular flexibility index (Phi) is 6.27. The molecule has 190 valence electrons. The number of nitrogens with zero attached hydrogens (tertiary/aromatic N) is 3. The van der Waals surface area contributed by atoms with Crippen LogP contribution in [0.5, 0.6) is 17.2 Å². The Hall–Kier alpha value is -4.78. The Morgan fingerprint density at radius 3 is 2.19 bits per heavy atom. The molecule has 2 aliphatic heterocycles. The zero-order chi connectivity index (χ0) is 26.0. The summed E-state index contributed by atoms with van der Waals surface area (Å²) in [7, 11) is 1.59. The summed E-state index contributed by atoms with van der Waals surface area (Å²) < 4.78 is 22.4. The van der Waals surface area contributed by atoms with Crippen molar-refractivity contribution in [2.75, 3.05) is 20.2 Å². The van der Waals surface area contributed by atoms with Crippen LogP contribution in [0.1, 0.15) is 6.42 Å². The van der Waals surface area contributed by atoms with Crippen molar-refractivity contribution >= 4 is 23.8 Å². The fourth-order valence-corrected chi connectivity index (χ4v) is 3.94. The van der Waals surface area contributed by atoms with Crippen molar-refractivity contribution in [3.8, 4) is 28.7 Å². The van der Waals surface area contributed by atoms with Crippen LogP contribution >= 0.6 is 0 Å². The molecule has 3 heterocycles. The van der Waals surface area contributed by atoms with Crippen LogP contribution in [0, 0.1) is 0 Å². The molecule has 1 atom stereocenters. The van der Waals surface area contributed by atoms with Gasteiger partial charge in [-0.25, -0.2) is 4.79 Å². The van der Waals surface area contributed by atoms with Crippen LogP contribution in [0.3, 0.4) is 0 Å². The van der Waals surface area contributed by atoms with Crippen molar-refractivity contribution < 1.29 is 37.8 Å². The molecule has 13 heteroatoms. The van der Waals surface area contributed by atoms with E-state index in [1.165, 1.54) is 23.4 Å². The molecular formula is C24H21N5O8. The minimum absolute atomic E-state index is 0.149. The van der Waals surface area contributed by atoms with Gasteiger partial charge in [-0.15, -0.1) is 10.2 Å². The van der Waals surface area contributed by atoms with Crippen LogP contribution in [-0.2, 0) is 19.1 Å². The minimum atomic E-state index is -2.09. The highest BCUT2D eigenvalue weighted by Crippen LogP contribution is 2.31. The SMILES string of the molecule is CN1CC(CC2(Oc3ccc(Oc4ccc(-c5nnco5)cc4)cc3)C(=O)NC(=O)NC2=O)OCC1=O. The number of nitrogens with one attached hydrogen (secondary N) is 2. The van der Waals surface area contributed by atoms with E-state index >= 15 is 0 Å². The van der Waals surface area contributed by atoms with Crippen molar-refractivity contribution in [2.24, 2.45) is 0 Å². The second-order valence-electron chi connectivity index (χ2n) is 8.42. The number of ether oxygens (including phenoxy) is 3. The summed E-state index contributed by atoms with van der Waals surface area (Å²) in [5.74, 6) is -0.493. The molecule has 5 rings (SSSR count). The van der Waals surface area contributed by atoms with E-state index < -0.39 is 29.6 Å². The summed E-state index contributed by atoms with van der Waals surface area (Å²) in [5, 5.41) is 11.7. The molecule has 3 aromatic rings. The normalized spacial score (nSPS) is 19.3. The fourth-order valence-electron chi connectivity index (χ4n) is 3.94. The van der Waals surface area contributed by atoms with Crippen LogP contribution in [0.25, 0.3) is 11.5 Å². The third-order valence-electron chi connectivity index (χ3n) is 5.86. The Morgan fingerprint density at radius 2 is 1.59 bits per heavy atom. The number of benzene rings is 2. The van der Waals surface area contributed by atoms with Gasteiger partial charge < -0.3 is 23.5 Å². The molecule has 0 radical (unpaired) electrons. The number of rotatable bonds is 7. The topological polar surface area (TPSA) is 162 Å². The highest BCUT2D eigenvalue weighted by Gasteiger charge is 2.55. The summed E-state index contributed by atoms with van der Waals surface area (Å²) in [6.45, 7) is -0.0438. The number of carbonyl (C=O) groups excluding carboxylic acids is 4. The quantitative estimate of drug-likeness (QED) is 0.445. The summed E-state index contributed by atoms with van der Waals surface area (Å²) in [6.07, 6.45) is 0.346. The van der Waals surface area contributed by atoms with Gasteiger partial charge in [-0.1, -0.05) is 0 Å². The monoisotopic (exact) mass is 507 g/mol. The maximum atomic E-state index is 12.9. The molecule has 5 amide bonds. The van der Waals surface area contributed by atoms with Gasteiger partial charge in [-0.05, 0) is 48.5 Å². The molecule has 13 nitrogen and oxygen atoms in total. The Balaban J connectivity index is 1.31. The van der Waals surface area contributed by atoms with E-state index in [9.17, 15) is 19.2 Å². The van der Waals surface area contributed by atoms with Gasteiger partial charge in [0.15, 0.2) is 0 Å². The number of hydrogen-bond acceptors (Lipinski definition) is 10. The van der Waals surface area contributed by atoms with Crippen LogP contribution in [0.2, 0.25) is 0 Å². The predicted octanol–water partition coefficient (Wildman–Crippen LogP) is 1.26. The third kappa shape index (κ3) is 4.97. The summed E-state index contributed by atoms with van der Waals surface area (Å²) in [5.41, 5.74) is -1.36. The molecule has 2 aromatic carbocycles. The number of hydrogen-bond donors (Lipinski definition) is 2. The highest BCUT2D eigenvalue weighted by molar-refractivity contribution is 6.21. The van der Waals surface area contributed by atoms with Crippen molar-refractivity contribution in [1.29, 1.82) is 0 Å². The number of imide groups is 2. The second kappa shape index (κ2) is 9.70. The molecule has 0 bridgehead atoms. The first-order valence-electron chi connectivity index (χ1n) is 11.2. The molecule has 2 fully saturated rings. The molecule has 0 spiro atoms. The fraction of sp³-hybridized carbons (Fsp3) is 0.250. The lowest BCUT2D eigenvalue weighted by Crippen LogP contribution is -2.70. The molecular weight excluding hydrogens is 486 g/mol. The summed E-state index contributed by atoms with van der Waals surface area (Å²) in [4.78, 5) is 50.7. The van der Waals surface area contributed by atoms with E-state index in [0.717, 1.165) is 5.56 Å². The summed E-state index contributed by atoms with van der Waals surface area (Å²) >= 11 is 0. The number of barbiturate groups is 1. The minimum Gasteiger partial charge on any atom is -0.467 e. The van der Waals surface area contributed by atoms with E-state index in [0.29, 0.717) is 17.4 Å². The van der Waals surface area contributed by atoms with Crippen molar-refractivity contribution in [3.05, 3.63) is 54.9 Å². The predicted molar refractivity (Wildman–Crippen MR) is 123 cm³/mol. The number of amides is 5. The van der Waals surface area contributed by atoms with Crippen molar-refractivity contribution in [2.45, 2.75) is 18.1 Å². The van der Waals surface area contributed by atoms with Crippen molar-refractivity contribution in [1.82, 2.24) is 25.7 Å². The van der Waals surface area contributed by atoms with Crippen molar-refractivity contribution in [3.63, 3.8) is 0 Å². The van der Waals surface area contributed by atoms with Crippen LogP contribution < -0.4 is 20.1 Å². The first-order valence-corrected chi connectivity index (χ1v) is 11.2. The number of carbonyl (C=O) groups is 4. The van der Waals surface area contributed by atoms with Gasteiger partial charge in [0.05, 0.1) is 6.10 Å². The van der Waals surface area contributed by atoms with Crippen LogP contribution in [-0.4, -0.2) is 70.8 Å². The average molecular weight is 507 g/mol. The lowest BCUT2D eigenvalue weighted by atomic mass is 9.91. The first kappa shape index (κ1) is 23.9.